The number of nitrogens with zero attached hydrogens (tertiary/aromatic N) is 2. The first kappa shape index (κ1) is 7.64. The molecule has 0 spiro atoms. The van der Waals surface area contributed by atoms with Gasteiger partial charge in [-0.1, -0.05) is 0 Å². The molecule has 0 amide bonds. The molecule has 0 bridgehead atoms. The first-order valence-corrected chi connectivity index (χ1v) is 6.10. The van der Waals surface area contributed by atoms with Gasteiger partial charge in [0.1, 0.15) is 11.4 Å². The fourth-order valence-electron chi connectivity index (χ4n) is 1.26. The summed E-state index contributed by atoms with van der Waals surface area (Å²) in [6.45, 7) is 0. The van der Waals surface area contributed by atoms with Crippen LogP contribution in [-0.4, -0.2) is 9.97 Å². The van der Waals surface area contributed by atoms with E-state index in [0.717, 1.165) is 17.3 Å². The van der Waals surface area contributed by atoms with Gasteiger partial charge in [-0.05, 0) is 12.8 Å². The van der Waals surface area contributed by atoms with E-state index in [1.165, 1.54) is 17.8 Å². The molecule has 0 aromatic carbocycles. The Morgan fingerprint density at radius 2 is 2.15 bits per heavy atom. The summed E-state index contributed by atoms with van der Waals surface area (Å²) in [7, 11) is 0. The molecule has 1 fully saturated rings. The molecule has 66 valence electrons. The summed E-state index contributed by atoms with van der Waals surface area (Å²) in [6.07, 6.45) is 2.65. The number of rotatable bonds is 2. The lowest BCUT2D eigenvalue weighted by atomic mass is 10.4. The molecule has 2 heterocycles. The second-order valence-corrected chi connectivity index (χ2v) is 4.83. The van der Waals surface area contributed by atoms with E-state index in [9.17, 15) is 0 Å². The fraction of sp³-hybridized carbons (Fsp3) is 0.333. The molecule has 2 nitrogen and oxygen atoms in total. The van der Waals surface area contributed by atoms with Gasteiger partial charge < -0.3 is 0 Å². The number of hydrogen-bond donors (Lipinski definition) is 0. The van der Waals surface area contributed by atoms with E-state index in [0.29, 0.717) is 0 Å². The maximum Gasteiger partial charge on any atom is 0.101 e. The Bertz CT molecular complexity index is 401. The molecule has 2 aromatic rings. The summed E-state index contributed by atoms with van der Waals surface area (Å²) in [5, 5.41) is 5.46. The molecule has 0 radical (unpaired) electrons. The maximum atomic E-state index is 4.58. The minimum Gasteiger partial charge on any atom is -0.243 e. The molecule has 1 saturated carbocycles. The normalized spacial score (nSPS) is 16.3. The molecule has 0 N–H and O–H groups in total. The van der Waals surface area contributed by atoms with E-state index < -0.39 is 0 Å². The van der Waals surface area contributed by atoms with Crippen molar-refractivity contribution in [2.24, 2.45) is 0 Å². The Kier molecular flexibility index (Phi) is 1.70. The first-order valence-electron chi connectivity index (χ1n) is 4.27. The van der Waals surface area contributed by atoms with E-state index >= 15 is 0 Å². The average Bonchev–Trinajstić information content (AvgIpc) is 2.72. The van der Waals surface area contributed by atoms with Crippen LogP contribution in [0.2, 0.25) is 0 Å². The highest BCUT2D eigenvalue weighted by Crippen LogP contribution is 2.42. The van der Waals surface area contributed by atoms with Crippen molar-refractivity contribution in [2.75, 3.05) is 0 Å². The van der Waals surface area contributed by atoms with Crippen molar-refractivity contribution in [3.63, 3.8) is 0 Å². The summed E-state index contributed by atoms with van der Waals surface area (Å²) in [4.78, 5) is 8.82. The van der Waals surface area contributed by atoms with E-state index in [4.69, 9.17) is 0 Å². The number of hydrogen-bond acceptors (Lipinski definition) is 4. The quantitative estimate of drug-likeness (QED) is 0.757. The van der Waals surface area contributed by atoms with Crippen molar-refractivity contribution in [2.45, 2.75) is 18.8 Å². The predicted molar refractivity (Wildman–Crippen MR) is 55.2 cm³/mol. The Hall–Kier alpha value is -0.740. The van der Waals surface area contributed by atoms with Gasteiger partial charge in [-0.15, -0.1) is 22.7 Å². The second-order valence-electron chi connectivity index (χ2n) is 3.22. The Morgan fingerprint density at radius 1 is 1.23 bits per heavy atom. The van der Waals surface area contributed by atoms with E-state index in [1.54, 1.807) is 22.7 Å². The van der Waals surface area contributed by atoms with Gasteiger partial charge in [0.25, 0.3) is 0 Å². The first-order chi connectivity index (χ1) is 6.43. The molecule has 0 unspecified atom stereocenters. The van der Waals surface area contributed by atoms with Gasteiger partial charge in [-0.2, -0.15) is 0 Å². The predicted octanol–water partition coefficient (Wildman–Crippen LogP) is 3.14. The fourth-order valence-corrected chi connectivity index (χ4v) is 2.79. The summed E-state index contributed by atoms with van der Waals surface area (Å²) in [6, 6.07) is 0. The van der Waals surface area contributed by atoms with Crippen molar-refractivity contribution in [1.29, 1.82) is 0 Å². The van der Waals surface area contributed by atoms with Crippen LogP contribution < -0.4 is 0 Å². The number of thiazole rings is 2. The second kappa shape index (κ2) is 2.89. The highest BCUT2D eigenvalue weighted by atomic mass is 32.1. The van der Waals surface area contributed by atoms with Crippen LogP contribution in [0.4, 0.5) is 0 Å². The molecular formula is C9H8N2S2. The summed E-state index contributed by atoms with van der Waals surface area (Å²) >= 11 is 3.39. The number of aromatic nitrogens is 2. The monoisotopic (exact) mass is 208 g/mol. The molecule has 4 heteroatoms. The molecule has 0 atom stereocenters. The minimum absolute atomic E-state index is 0.761. The van der Waals surface area contributed by atoms with Gasteiger partial charge in [0.2, 0.25) is 0 Å². The zero-order valence-corrected chi connectivity index (χ0v) is 8.57. The molecule has 2 aromatic heterocycles. The van der Waals surface area contributed by atoms with Crippen LogP contribution in [0.15, 0.2) is 16.3 Å². The van der Waals surface area contributed by atoms with E-state index in [-0.39, 0.29) is 0 Å². The third kappa shape index (κ3) is 1.40. The Labute approximate surface area is 84.3 Å². The lowest BCUT2D eigenvalue weighted by Gasteiger charge is -1.87. The molecule has 13 heavy (non-hydrogen) atoms. The Morgan fingerprint density at radius 3 is 2.85 bits per heavy atom. The molecule has 1 aliphatic carbocycles. The Balaban J connectivity index is 1.97. The molecule has 1 aliphatic rings. The van der Waals surface area contributed by atoms with Crippen LogP contribution in [0.25, 0.3) is 11.4 Å². The van der Waals surface area contributed by atoms with Crippen LogP contribution in [0.1, 0.15) is 23.8 Å². The third-order valence-corrected chi connectivity index (χ3v) is 3.74. The maximum absolute atomic E-state index is 4.58. The summed E-state index contributed by atoms with van der Waals surface area (Å²) in [5.41, 5.74) is 3.92. The van der Waals surface area contributed by atoms with Crippen molar-refractivity contribution in [1.82, 2.24) is 9.97 Å². The summed E-state index contributed by atoms with van der Waals surface area (Å²) < 4.78 is 0. The zero-order chi connectivity index (χ0) is 8.67. The van der Waals surface area contributed by atoms with Gasteiger partial charge in [0.15, 0.2) is 0 Å². The van der Waals surface area contributed by atoms with Crippen LogP contribution in [-0.2, 0) is 0 Å². The van der Waals surface area contributed by atoms with Crippen LogP contribution in [0, 0.1) is 0 Å². The SMILES string of the molecule is c1nc(-c2csc(C3CC3)n2)cs1. The minimum atomic E-state index is 0.761. The van der Waals surface area contributed by atoms with E-state index in [2.05, 4.69) is 15.3 Å². The van der Waals surface area contributed by atoms with Crippen molar-refractivity contribution in [3.05, 3.63) is 21.3 Å². The van der Waals surface area contributed by atoms with Crippen molar-refractivity contribution >= 4 is 22.7 Å². The van der Waals surface area contributed by atoms with Crippen molar-refractivity contribution < 1.29 is 0 Å². The van der Waals surface area contributed by atoms with E-state index in [1.807, 2.05) is 10.9 Å². The van der Waals surface area contributed by atoms with Crippen LogP contribution in [0.5, 0.6) is 0 Å². The third-order valence-electron chi connectivity index (χ3n) is 2.14. The lowest BCUT2D eigenvalue weighted by molar-refractivity contribution is 1.08. The van der Waals surface area contributed by atoms with Gasteiger partial charge in [0, 0.05) is 16.7 Å². The average molecular weight is 208 g/mol. The lowest BCUT2D eigenvalue weighted by Crippen LogP contribution is -1.79. The molecule has 0 saturated heterocycles. The highest BCUT2D eigenvalue weighted by Gasteiger charge is 2.26. The largest absolute Gasteiger partial charge is 0.243 e. The molecule has 3 rings (SSSR count). The summed E-state index contributed by atoms with van der Waals surface area (Å²) in [5.74, 6) is 0.761. The van der Waals surface area contributed by atoms with Gasteiger partial charge >= 0.3 is 0 Å². The topological polar surface area (TPSA) is 25.8 Å². The highest BCUT2D eigenvalue weighted by molar-refractivity contribution is 7.10. The standard InChI is InChI=1S/C9H8N2S2/c1-2-6(1)9-11-8(4-13-9)7-3-12-5-10-7/h3-6H,1-2H2. The zero-order valence-electron chi connectivity index (χ0n) is 6.93. The van der Waals surface area contributed by atoms with Crippen LogP contribution >= 0.6 is 22.7 Å². The molecule has 0 aliphatic heterocycles. The van der Waals surface area contributed by atoms with Crippen molar-refractivity contribution in [3.8, 4) is 11.4 Å². The van der Waals surface area contributed by atoms with Gasteiger partial charge in [-0.3, -0.25) is 0 Å². The molecular weight excluding hydrogens is 200 g/mol. The van der Waals surface area contributed by atoms with Crippen LogP contribution in [0.3, 0.4) is 0 Å². The smallest absolute Gasteiger partial charge is 0.101 e. The van der Waals surface area contributed by atoms with Gasteiger partial charge in [0.05, 0.1) is 10.5 Å². The van der Waals surface area contributed by atoms with Gasteiger partial charge in [-0.25, -0.2) is 9.97 Å².